The van der Waals surface area contributed by atoms with Crippen molar-refractivity contribution in [2.24, 2.45) is 5.92 Å². The van der Waals surface area contributed by atoms with Crippen LogP contribution in [0, 0.1) is 12.8 Å². The Morgan fingerprint density at radius 1 is 1.54 bits per heavy atom. The molecule has 0 aliphatic carbocycles. The SMILES string of the molecule is C=CCNC(=O)CSc1nc2sc(C)c(CC(C)CC)c2c(=O)[nH]1. The highest BCUT2D eigenvalue weighted by atomic mass is 32.2. The summed E-state index contributed by atoms with van der Waals surface area (Å²) in [6.45, 7) is 10.4. The van der Waals surface area contributed by atoms with Gasteiger partial charge in [-0.1, -0.05) is 38.1 Å². The number of carbonyl (C=O) groups is 1. The zero-order chi connectivity index (χ0) is 17.7. The Morgan fingerprint density at radius 2 is 2.29 bits per heavy atom. The van der Waals surface area contributed by atoms with Crippen LogP contribution in [-0.2, 0) is 11.2 Å². The molecule has 5 nitrogen and oxygen atoms in total. The quantitative estimate of drug-likeness (QED) is 0.428. The number of nitrogens with zero attached hydrogens (tertiary/aromatic N) is 1. The fourth-order valence-electron chi connectivity index (χ4n) is 2.33. The summed E-state index contributed by atoms with van der Waals surface area (Å²) in [5.41, 5.74) is 0.995. The number of thiophene rings is 1. The summed E-state index contributed by atoms with van der Waals surface area (Å²) in [5.74, 6) is 0.637. The van der Waals surface area contributed by atoms with Crippen LogP contribution in [0.2, 0.25) is 0 Å². The van der Waals surface area contributed by atoms with Crippen LogP contribution in [-0.4, -0.2) is 28.2 Å². The van der Waals surface area contributed by atoms with Gasteiger partial charge >= 0.3 is 0 Å². The number of aromatic amines is 1. The van der Waals surface area contributed by atoms with Crippen molar-refractivity contribution in [2.75, 3.05) is 12.3 Å². The Bertz CT molecular complexity index is 795. The molecular formula is C17H23N3O2S2. The molecule has 0 radical (unpaired) electrons. The van der Waals surface area contributed by atoms with Crippen LogP contribution in [0.25, 0.3) is 10.2 Å². The van der Waals surface area contributed by atoms with Gasteiger partial charge in [-0.25, -0.2) is 4.98 Å². The van der Waals surface area contributed by atoms with E-state index in [9.17, 15) is 9.59 Å². The fourth-order valence-corrected chi connectivity index (χ4v) is 4.14. The lowest BCUT2D eigenvalue weighted by atomic mass is 9.98. The van der Waals surface area contributed by atoms with Gasteiger partial charge in [0.1, 0.15) is 4.83 Å². The van der Waals surface area contributed by atoms with Crippen LogP contribution < -0.4 is 10.9 Å². The summed E-state index contributed by atoms with van der Waals surface area (Å²) in [7, 11) is 0. The number of nitrogens with one attached hydrogen (secondary N) is 2. The van der Waals surface area contributed by atoms with E-state index in [1.165, 1.54) is 11.8 Å². The monoisotopic (exact) mass is 365 g/mol. The topological polar surface area (TPSA) is 74.8 Å². The van der Waals surface area contributed by atoms with Crippen LogP contribution >= 0.6 is 23.1 Å². The highest BCUT2D eigenvalue weighted by Crippen LogP contribution is 2.30. The Balaban J connectivity index is 2.23. The first-order valence-electron chi connectivity index (χ1n) is 7.98. The van der Waals surface area contributed by atoms with Gasteiger partial charge in [-0.2, -0.15) is 0 Å². The van der Waals surface area contributed by atoms with E-state index in [0.29, 0.717) is 23.0 Å². The molecule has 0 bridgehead atoms. The van der Waals surface area contributed by atoms with Crippen molar-refractivity contribution in [1.29, 1.82) is 0 Å². The minimum atomic E-state index is -0.114. The number of fused-ring (bicyclic) bond motifs is 1. The molecule has 2 heterocycles. The van der Waals surface area contributed by atoms with Crippen LogP contribution in [0.1, 0.15) is 30.7 Å². The molecule has 0 fully saturated rings. The van der Waals surface area contributed by atoms with Crippen molar-refractivity contribution in [3.8, 4) is 0 Å². The number of H-pyrrole nitrogens is 1. The first kappa shape index (κ1) is 18.7. The van der Waals surface area contributed by atoms with E-state index in [2.05, 4.69) is 35.7 Å². The summed E-state index contributed by atoms with van der Waals surface area (Å²) in [6.07, 6.45) is 3.60. The smallest absolute Gasteiger partial charge is 0.260 e. The predicted molar refractivity (Wildman–Crippen MR) is 102 cm³/mol. The summed E-state index contributed by atoms with van der Waals surface area (Å²) in [5, 5.41) is 3.89. The average Bonchev–Trinajstić information content (AvgIpc) is 2.86. The van der Waals surface area contributed by atoms with Gasteiger partial charge in [-0.05, 0) is 24.8 Å². The molecule has 7 heteroatoms. The van der Waals surface area contributed by atoms with Gasteiger partial charge in [0.25, 0.3) is 5.56 Å². The summed E-state index contributed by atoms with van der Waals surface area (Å²) >= 11 is 2.78. The first-order chi connectivity index (χ1) is 11.5. The highest BCUT2D eigenvalue weighted by molar-refractivity contribution is 7.99. The lowest BCUT2D eigenvalue weighted by Gasteiger charge is -2.08. The molecule has 2 aromatic rings. The van der Waals surface area contributed by atoms with E-state index < -0.39 is 0 Å². The molecule has 1 atom stereocenters. The van der Waals surface area contributed by atoms with E-state index in [1.54, 1.807) is 17.4 Å². The second kappa shape index (κ2) is 8.48. The van der Waals surface area contributed by atoms with E-state index in [-0.39, 0.29) is 17.2 Å². The van der Waals surface area contributed by atoms with Crippen LogP contribution in [0.5, 0.6) is 0 Å². The highest BCUT2D eigenvalue weighted by Gasteiger charge is 2.17. The van der Waals surface area contributed by atoms with E-state index in [1.807, 2.05) is 6.92 Å². The maximum absolute atomic E-state index is 12.5. The van der Waals surface area contributed by atoms with Crippen molar-refractivity contribution >= 4 is 39.2 Å². The summed E-state index contributed by atoms with van der Waals surface area (Å²) < 4.78 is 0. The summed E-state index contributed by atoms with van der Waals surface area (Å²) in [6, 6.07) is 0. The molecule has 130 valence electrons. The molecule has 0 saturated heterocycles. The largest absolute Gasteiger partial charge is 0.352 e. The van der Waals surface area contributed by atoms with Gasteiger partial charge in [-0.3, -0.25) is 9.59 Å². The fraction of sp³-hybridized carbons (Fsp3) is 0.471. The van der Waals surface area contributed by atoms with Gasteiger partial charge < -0.3 is 10.3 Å². The van der Waals surface area contributed by atoms with Gasteiger partial charge in [-0.15, -0.1) is 17.9 Å². The van der Waals surface area contributed by atoms with Gasteiger partial charge in [0.2, 0.25) is 5.91 Å². The van der Waals surface area contributed by atoms with Crippen molar-refractivity contribution in [3.05, 3.63) is 33.4 Å². The normalized spacial score (nSPS) is 12.3. The van der Waals surface area contributed by atoms with Crippen LogP contribution in [0.3, 0.4) is 0 Å². The minimum Gasteiger partial charge on any atom is -0.352 e. The molecule has 0 aromatic carbocycles. The lowest BCUT2D eigenvalue weighted by molar-refractivity contribution is -0.118. The number of amides is 1. The standard InChI is InChI=1S/C17H23N3O2S2/c1-5-7-18-13(21)9-23-17-19-15(22)14-12(8-10(3)6-2)11(4)24-16(14)20-17/h5,10H,1,6-9H2,2-4H3,(H,18,21)(H,19,20,22). The van der Waals surface area contributed by atoms with Crippen molar-refractivity contribution in [2.45, 2.75) is 38.8 Å². The first-order valence-corrected chi connectivity index (χ1v) is 9.79. The molecule has 1 amide bonds. The molecule has 0 spiro atoms. The van der Waals surface area contributed by atoms with E-state index >= 15 is 0 Å². The molecule has 1 unspecified atom stereocenters. The molecule has 2 aromatic heterocycles. The number of aromatic nitrogens is 2. The van der Waals surface area contributed by atoms with Crippen molar-refractivity contribution in [1.82, 2.24) is 15.3 Å². The van der Waals surface area contributed by atoms with Crippen molar-refractivity contribution < 1.29 is 4.79 Å². The van der Waals surface area contributed by atoms with Gasteiger partial charge in [0, 0.05) is 11.4 Å². The molecule has 0 saturated carbocycles. The summed E-state index contributed by atoms with van der Waals surface area (Å²) in [4.78, 5) is 33.4. The third-order valence-corrected chi connectivity index (χ3v) is 5.79. The number of carbonyl (C=O) groups excluding carboxylic acids is 1. The Hall–Kier alpha value is -1.60. The second-order valence-corrected chi connectivity index (χ2v) is 7.95. The van der Waals surface area contributed by atoms with Gasteiger partial charge in [0.05, 0.1) is 11.1 Å². The number of thioether (sulfide) groups is 1. The Kier molecular flexibility index (Phi) is 6.62. The third-order valence-electron chi connectivity index (χ3n) is 3.87. The van der Waals surface area contributed by atoms with Crippen LogP contribution in [0.15, 0.2) is 22.6 Å². The molecular weight excluding hydrogens is 342 g/mol. The van der Waals surface area contributed by atoms with Crippen molar-refractivity contribution in [3.63, 3.8) is 0 Å². The molecule has 0 aliphatic heterocycles. The molecule has 24 heavy (non-hydrogen) atoms. The zero-order valence-electron chi connectivity index (χ0n) is 14.3. The number of hydrogen-bond acceptors (Lipinski definition) is 5. The Labute approximate surface area is 150 Å². The lowest BCUT2D eigenvalue weighted by Crippen LogP contribution is -2.25. The predicted octanol–water partition coefficient (Wildman–Crippen LogP) is 3.28. The Morgan fingerprint density at radius 3 is 2.96 bits per heavy atom. The van der Waals surface area contributed by atoms with E-state index in [4.69, 9.17) is 0 Å². The molecule has 2 N–H and O–H groups in total. The minimum absolute atomic E-state index is 0.109. The molecule has 2 rings (SSSR count). The van der Waals surface area contributed by atoms with Crippen LogP contribution in [0.4, 0.5) is 0 Å². The number of aryl methyl sites for hydroxylation is 1. The zero-order valence-corrected chi connectivity index (χ0v) is 15.9. The maximum Gasteiger partial charge on any atom is 0.260 e. The average molecular weight is 366 g/mol. The number of hydrogen-bond donors (Lipinski definition) is 2. The molecule has 0 aliphatic rings. The van der Waals surface area contributed by atoms with E-state index in [0.717, 1.165) is 28.1 Å². The second-order valence-electron chi connectivity index (χ2n) is 5.79. The third kappa shape index (κ3) is 4.48. The number of rotatable bonds is 8. The maximum atomic E-state index is 12.5. The van der Waals surface area contributed by atoms with Gasteiger partial charge in [0.15, 0.2) is 5.16 Å².